The third-order valence-electron chi connectivity index (χ3n) is 6.98. The van der Waals surface area contributed by atoms with Gasteiger partial charge in [0.1, 0.15) is 5.54 Å². The summed E-state index contributed by atoms with van der Waals surface area (Å²) in [4.78, 5) is 29.0. The quantitative estimate of drug-likeness (QED) is 0.706. The maximum Gasteiger partial charge on any atom is 0.247 e. The van der Waals surface area contributed by atoms with Crippen LogP contribution in [0.4, 0.5) is 5.69 Å². The molecule has 2 aliphatic rings. The van der Waals surface area contributed by atoms with Gasteiger partial charge in [-0.3, -0.25) is 14.5 Å². The van der Waals surface area contributed by atoms with Gasteiger partial charge >= 0.3 is 0 Å². The first-order valence-electron chi connectivity index (χ1n) is 11.8. The zero-order valence-corrected chi connectivity index (χ0v) is 21.1. The molecule has 0 bridgehead atoms. The molecule has 1 saturated carbocycles. The van der Waals surface area contributed by atoms with Gasteiger partial charge in [-0.25, -0.2) is 8.42 Å². The van der Waals surface area contributed by atoms with E-state index in [-0.39, 0.29) is 29.9 Å². The normalized spacial score (nSPS) is 22.2. The van der Waals surface area contributed by atoms with Gasteiger partial charge in [0.15, 0.2) is 0 Å². The third kappa shape index (κ3) is 4.49. The van der Waals surface area contributed by atoms with E-state index in [0.29, 0.717) is 5.69 Å². The highest BCUT2D eigenvalue weighted by Gasteiger charge is 2.51. The molecule has 2 amide bonds. The zero-order chi connectivity index (χ0) is 24.7. The van der Waals surface area contributed by atoms with E-state index >= 15 is 0 Å². The lowest BCUT2D eigenvalue weighted by atomic mass is 9.92. The molecule has 8 heteroatoms. The fraction of sp³-hybridized carbons (Fsp3) is 0.462. The molecule has 2 aromatic rings. The number of hydrogen-bond acceptors (Lipinski definition) is 4. The number of aryl methyl sites for hydroxylation is 3. The Bertz CT molecular complexity index is 1200. The van der Waals surface area contributed by atoms with Crippen LogP contribution in [0.25, 0.3) is 0 Å². The van der Waals surface area contributed by atoms with Crippen LogP contribution in [-0.2, 0) is 19.6 Å². The molecule has 4 rings (SSSR count). The first-order valence-corrected chi connectivity index (χ1v) is 13.2. The van der Waals surface area contributed by atoms with Gasteiger partial charge in [-0.05, 0) is 69.9 Å². The molecule has 0 aromatic heterocycles. The smallest absolute Gasteiger partial charge is 0.247 e. The van der Waals surface area contributed by atoms with E-state index in [9.17, 15) is 18.0 Å². The number of nitrogens with one attached hydrogen (secondary N) is 1. The van der Waals surface area contributed by atoms with Gasteiger partial charge in [-0.2, -0.15) is 4.31 Å². The van der Waals surface area contributed by atoms with Gasteiger partial charge in [0.05, 0.1) is 11.4 Å². The second-order valence-electron chi connectivity index (χ2n) is 9.83. The van der Waals surface area contributed by atoms with E-state index in [2.05, 4.69) is 5.32 Å². The molecular weight excluding hydrogens is 450 g/mol. The third-order valence-corrected chi connectivity index (χ3v) is 8.79. The van der Waals surface area contributed by atoms with Gasteiger partial charge in [-0.1, -0.05) is 42.7 Å². The molecule has 7 nitrogen and oxygen atoms in total. The highest BCUT2D eigenvalue weighted by atomic mass is 32.2. The first-order chi connectivity index (χ1) is 16.0. The van der Waals surface area contributed by atoms with Crippen molar-refractivity contribution in [3.63, 3.8) is 0 Å². The van der Waals surface area contributed by atoms with Crippen molar-refractivity contribution in [2.45, 2.75) is 69.9 Å². The van der Waals surface area contributed by atoms with E-state index in [4.69, 9.17) is 0 Å². The number of amides is 2. The van der Waals surface area contributed by atoms with Crippen LogP contribution in [0.15, 0.2) is 47.4 Å². The molecule has 0 spiro atoms. The second kappa shape index (κ2) is 9.15. The van der Waals surface area contributed by atoms with Crippen molar-refractivity contribution in [2.75, 3.05) is 18.0 Å². The molecule has 0 radical (unpaired) electrons. The molecular formula is C26H33N3O4S. The number of rotatable bonds is 5. The standard InChI is InChI=1S/C26H33N3O4S/c1-18-10-13-22(14-11-18)34(32,33)28-16-24(30)29(23-15-19(2)9-12-20(23)3)26(4,17-28)25(31)27-21-7-5-6-8-21/h9-15,21H,5-8,16-17H2,1-4H3,(H,27,31)/t26-/m1/s1. The summed E-state index contributed by atoms with van der Waals surface area (Å²) in [5, 5.41) is 3.11. The van der Waals surface area contributed by atoms with Crippen molar-refractivity contribution in [1.29, 1.82) is 0 Å². The van der Waals surface area contributed by atoms with E-state index in [0.717, 1.165) is 46.7 Å². The zero-order valence-electron chi connectivity index (χ0n) is 20.3. The summed E-state index contributed by atoms with van der Waals surface area (Å²) in [6.45, 7) is 6.94. The Kier molecular flexibility index (Phi) is 6.57. The lowest BCUT2D eigenvalue weighted by molar-refractivity contribution is -0.133. The fourth-order valence-corrected chi connectivity index (χ4v) is 6.42. The number of carbonyl (C=O) groups excluding carboxylic acids is 2. The van der Waals surface area contributed by atoms with Gasteiger partial charge in [0.25, 0.3) is 0 Å². The summed E-state index contributed by atoms with van der Waals surface area (Å²) in [5.74, 6) is -0.739. The molecule has 182 valence electrons. The highest BCUT2D eigenvalue weighted by Crippen LogP contribution is 2.35. The molecule has 2 fully saturated rings. The molecule has 1 N–H and O–H groups in total. The average Bonchev–Trinajstić information content (AvgIpc) is 3.29. The molecule has 2 aromatic carbocycles. The van der Waals surface area contributed by atoms with Gasteiger partial charge in [0.2, 0.25) is 21.8 Å². The van der Waals surface area contributed by atoms with Crippen LogP contribution in [0.2, 0.25) is 0 Å². The lowest BCUT2D eigenvalue weighted by Crippen LogP contribution is -2.70. The van der Waals surface area contributed by atoms with E-state index in [1.54, 1.807) is 31.2 Å². The number of anilines is 1. The van der Waals surface area contributed by atoms with Crippen molar-refractivity contribution in [1.82, 2.24) is 9.62 Å². The number of sulfonamides is 1. The van der Waals surface area contributed by atoms with E-state index < -0.39 is 21.5 Å². The Morgan fingerprint density at radius 3 is 2.26 bits per heavy atom. The molecule has 1 saturated heterocycles. The summed E-state index contributed by atoms with van der Waals surface area (Å²) in [7, 11) is -3.96. The minimum absolute atomic E-state index is 0.0453. The Morgan fingerprint density at radius 1 is 1.00 bits per heavy atom. The van der Waals surface area contributed by atoms with Crippen molar-refractivity contribution >= 4 is 27.5 Å². The predicted molar refractivity (Wildman–Crippen MR) is 132 cm³/mol. The van der Waals surface area contributed by atoms with Crippen molar-refractivity contribution in [3.8, 4) is 0 Å². The van der Waals surface area contributed by atoms with Crippen LogP contribution < -0.4 is 10.2 Å². The lowest BCUT2D eigenvalue weighted by Gasteiger charge is -2.47. The molecule has 34 heavy (non-hydrogen) atoms. The predicted octanol–water partition coefficient (Wildman–Crippen LogP) is 3.47. The first kappa shape index (κ1) is 24.4. The summed E-state index contributed by atoms with van der Waals surface area (Å²) in [5.41, 5.74) is 2.00. The monoisotopic (exact) mass is 483 g/mol. The Hall–Kier alpha value is -2.71. The maximum atomic E-state index is 13.7. The van der Waals surface area contributed by atoms with E-state index in [1.165, 1.54) is 4.90 Å². The topological polar surface area (TPSA) is 86.8 Å². The summed E-state index contributed by atoms with van der Waals surface area (Å²) in [6, 6.07) is 12.4. The summed E-state index contributed by atoms with van der Waals surface area (Å²) >= 11 is 0. The molecule has 0 unspecified atom stereocenters. The fourth-order valence-electron chi connectivity index (χ4n) is 4.94. The Balaban J connectivity index is 1.76. The minimum atomic E-state index is -3.96. The number of carbonyl (C=O) groups is 2. The van der Waals surface area contributed by atoms with Crippen molar-refractivity contribution in [3.05, 3.63) is 59.2 Å². The van der Waals surface area contributed by atoms with Gasteiger partial charge in [0, 0.05) is 18.3 Å². The molecule has 1 atom stereocenters. The van der Waals surface area contributed by atoms with Crippen LogP contribution >= 0.6 is 0 Å². The van der Waals surface area contributed by atoms with Crippen molar-refractivity contribution < 1.29 is 18.0 Å². The Labute approximate surface area is 202 Å². The minimum Gasteiger partial charge on any atom is -0.351 e. The molecule has 1 heterocycles. The van der Waals surface area contributed by atoms with Gasteiger partial charge < -0.3 is 5.32 Å². The number of hydrogen-bond donors (Lipinski definition) is 1. The second-order valence-corrected chi connectivity index (χ2v) is 11.8. The number of piperazine rings is 1. The van der Waals surface area contributed by atoms with E-state index in [1.807, 2.05) is 39.0 Å². The number of nitrogens with zero attached hydrogens (tertiary/aromatic N) is 2. The van der Waals surface area contributed by atoms with Crippen molar-refractivity contribution in [2.24, 2.45) is 0 Å². The maximum absolute atomic E-state index is 13.7. The van der Waals surface area contributed by atoms with Crippen LogP contribution in [0.5, 0.6) is 0 Å². The average molecular weight is 484 g/mol. The van der Waals surface area contributed by atoms with Crippen LogP contribution in [0, 0.1) is 20.8 Å². The SMILES string of the molecule is Cc1ccc(S(=O)(=O)N2CC(=O)N(c3cc(C)ccc3C)[C@@](C)(C(=O)NC3CCCC3)C2)cc1. The largest absolute Gasteiger partial charge is 0.351 e. The Morgan fingerprint density at radius 2 is 1.62 bits per heavy atom. The van der Waals surface area contributed by atoms with Crippen LogP contribution in [0.3, 0.4) is 0 Å². The summed E-state index contributed by atoms with van der Waals surface area (Å²) in [6.07, 6.45) is 3.89. The molecule has 1 aliphatic heterocycles. The summed E-state index contributed by atoms with van der Waals surface area (Å²) < 4.78 is 28.1. The highest BCUT2D eigenvalue weighted by molar-refractivity contribution is 7.89. The number of benzene rings is 2. The van der Waals surface area contributed by atoms with Crippen LogP contribution in [-0.4, -0.2) is 49.2 Å². The van der Waals surface area contributed by atoms with Gasteiger partial charge in [-0.15, -0.1) is 0 Å². The van der Waals surface area contributed by atoms with Crippen LogP contribution in [0.1, 0.15) is 49.3 Å². The molecule has 1 aliphatic carbocycles.